The average Bonchev–Trinajstić information content (AvgIpc) is 2.69. The molecular formula is C21H20Cl2N2O4. The molecule has 1 heterocycles. The summed E-state index contributed by atoms with van der Waals surface area (Å²) in [5, 5.41) is 3.79. The summed E-state index contributed by atoms with van der Waals surface area (Å²) in [6.07, 6.45) is 1.25. The van der Waals surface area contributed by atoms with Crippen molar-refractivity contribution in [2.75, 3.05) is 13.1 Å². The van der Waals surface area contributed by atoms with Gasteiger partial charge in [-0.25, -0.2) is 0 Å². The van der Waals surface area contributed by atoms with Gasteiger partial charge in [-0.3, -0.25) is 14.4 Å². The number of nitrogens with one attached hydrogen (secondary N) is 1. The molecule has 0 saturated carbocycles. The number of carbonyl (C=O) groups excluding carboxylic acids is 3. The van der Waals surface area contributed by atoms with Crippen LogP contribution in [0.15, 0.2) is 42.5 Å². The summed E-state index contributed by atoms with van der Waals surface area (Å²) in [6, 6.07) is 11.2. The molecule has 152 valence electrons. The van der Waals surface area contributed by atoms with Crippen molar-refractivity contribution in [1.82, 2.24) is 10.2 Å². The predicted octanol–water partition coefficient (Wildman–Crippen LogP) is 3.95. The van der Waals surface area contributed by atoms with E-state index in [1.54, 1.807) is 41.3 Å². The van der Waals surface area contributed by atoms with Crippen LogP contribution in [0.2, 0.25) is 10.0 Å². The Labute approximate surface area is 178 Å². The number of benzene rings is 2. The van der Waals surface area contributed by atoms with Gasteiger partial charge in [-0.15, -0.1) is 0 Å². The minimum atomic E-state index is -0.445. The molecule has 1 aliphatic rings. The number of nitrogens with zero attached hydrogens (tertiary/aromatic N) is 1. The molecule has 2 amide bonds. The molecule has 3 rings (SSSR count). The second-order valence-corrected chi connectivity index (χ2v) is 7.63. The van der Waals surface area contributed by atoms with Gasteiger partial charge in [0.05, 0.1) is 10.6 Å². The lowest BCUT2D eigenvalue weighted by molar-refractivity contribution is -0.131. The number of piperidine rings is 1. The van der Waals surface area contributed by atoms with Crippen LogP contribution >= 0.6 is 23.2 Å². The van der Waals surface area contributed by atoms with E-state index in [-0.39, 0.29) is 17.9 Å². The lowest BCUT2D eigenvalue weighted by atomic mass is 10.0. The topological polar surface area (TPSA) is 75.7 Å². The Morgan fingerprint density at radius 3 is 2.48 bits per heavy atom. The number of hydrogen-bond donors (Lipinski definition) is 1. The number of rotatable bonds is 4. The second-order valence-electron chi connectivity index (χ2n) is 6.79. The fourth-order valence-corrected chi connectivity index (χ4v) is 3.56. The lowest BCUT2D eigenvalue weighted by Gasteiger charge is -2.32. The smallest absolute Gasteiger partial charge is 0.308 e. The Morgan fingerprint density at radius 1 is 1.07 bits per heavy atom. The van der Waals surface area contributed by atoms with Crippen molar-refractivity contribution in [3.05, 3.63) is 63.6 Å². The molecule has 1 fully saturated rings. The normalized spacial score (nSPS) is 14.4. The highest BCUT2D eigenvalue weighted by Gasteiger charge is 2.26. The van der Waals surface area contributed by atoms with E-state index in [4.69, 9.17) is 27.9 Å². The van der Waals surface area contributed by atoms with Crippen LogP contribution in [0, 0.1) is 0 Å². The molecular weight excluding hydrogens is 415 g/mol. The molecule has 1 N–H and O–H groups in total. The van der Waals surface area contributed by atoms with E-state index in [1.165, 1.54) is 13.0 Å². The summed E-state index contributed by atoms with van der Waals surface area (Å²) >= 11 is 12.1. The maximum Gasteiger partial charge on any atom is 0.308 e. The standard InChI is InChI=1S/C21H20Cl2N2O4/c1-13(26)29-17-4-2-3-14(11-17)20(27)24-16-7-9-25(10-8-16)21(28)18-12-15(22)5-6-19(18)23/h2-6,11-12,16H,7-10H2,1H3,(H,24,27). The number of amides is 2. The minimum Gasteiger partial charge on any atom is -0.427 e. The quantitative estimate of drug-likeness (QED) is 0.583. The van der Waals surface area contributed by atoms with E-state index in [9.17, 15) is 14.4 Å². The summed E-state index contributed by atoms with van der Waals surface area (Å²) in [5.41, 5.74) is 0.789. The van der Waals surface area contributed by atoms with E-state index in [0.717, 1.165) is 0 Å². The first kappa shape index (κ1) is 21.1. The molecule has 6 nitrogen and oxygen atoms in total. The molecule has 0 bridgehead atoms. The fraction of sp³-hybridized carbons (Fsp3) is 0.286. The third kappa shape index (κ3) is 5.49. The molecule has 0 aliphatic carbocycles. The Kier molecular flexibility index (Phi) is 6.77. The van der Waals surface area contributed by atoms with E-state index in [1.807, 2.05) is 0 Å². The summed E-state index contributed by atoms with van der Waals surface area (Å²) < 4.78 is 5.01. The lowest BCUT2D eigenvalue weighted by Crippen LogP contribution is -2.46. The van der Waals surface area contributed by atoms with Crippen LogP contribution in [-0.2, 0) is 4.79 Å². The molecule has 2 aromatic rings. The van der Waals surface area contributed by atoms with Crippen LogP contribution in [0.3, 0.4) is 0 Å². The van der Waals surface area contributed by atoms with Gasteiger partial charge >= 0.3 is 5.97 Å². The van der Waals surface area contributed by atoms with Crippen molar-refractivity contribution in [3.8, 4) is 5.75 Å². The monoisotopic (exact) mass is 434 g/mol. The first-order chi connectivity index (χ1) is 13.8. The molecule has 1 saturated heterocycles. The molecule has 1 aliphatic heterocycles. The van der Waals surface area contributed by atoms with Crippen LogP contribution in [0.25, 0.3) is 0 Å². The van der Waals surface area contributed by atoms with Crippen LogP contribution in [0.5, 0.6) is 5.75 Å². The van der Waals surface area contributed by atoms with Crippen molar-refractivity contribution in [1.29, 1.82) is 0 Å². The van der Waals surface area contributed by atoms with Gasteiger partial charge in [0.1, 0.15) is 5.75 Å². The first-order valence-corrected chi connectivity index (χ1v) is 9.93. The highest BCUT2D eigenvalue weighted by molar-refractivity contribution is 6.35. The summed E-state index contributed by atoms with van der Waals surface area (Å²) in [4.78, 5) is 38.0. The highest BCUT2D eigenvalue weighted by Crippen LogP contribution is 2.24. The van der Waals surface area contributed by atoms with Gasteiger partial charge in [-0.1, -0.05) is 29.3 Å². The van der Waals surface area contributed by atoms with Gasteiger partial charge in [0, 0.05) is 36.6 Å². The van der Waals surface area contributed by atoms with Gasteiger partial charge < -0.3 is 15.0 Å². The Hall–Kier alpha value is -2.57. The predicted molar refractivity (Wildman–Crippen MR) is 111 cm³/mol. The molecule has 0 atom stereocenters. The van der Waals surface area contributed by atoms with E-state index in [0.29, 0.717) is 52.9 Å². The zero-order valence-electron chi connectivity index (χ0n) is 15.8. The summed E-state index contributed by atoms with van der Waals surface area (Å²) in [6.45, 7) is 2.30. The van der Waals surface area contributed by atoms with Crippen molar-refractivity contribution in [2.24, 2.45) is 0 Å². The second kappa shape index (κ2) is 9.29. The molecule has 0 spiro atoms. The summed E-state index contributed by atoms with van der Waals surface area (Å²) in [5.74, 6) is -0.540. The van der Waals surface area contributed by atoms with Gasteiger partial charge in [0.2, 0.25) is 0 Å². The first-order valence-electron chi connectivity index (χ1n) is 9.17. The minimum absolute atomic E-state index is 0.0567. The SMILES string of the molecule is CC(=O)Oc1cccc(C(=O)NC2CCN(C(=O)c3cc(Cl)ccc3Cl)CC2)c1. The van der Waals surface area contributed by atoms with Crippen LogP contribution in [0.4, 0.5) is 0 Å². The zero-order chi connectivity index (χ0) is 21.0. The van der Waals surface area contributed by atoms with Crippen molar-refractivity contribution < 1.29 is 19.1 Å². The Bertz CT molecular complexity index is 940. The molecule has 8 heteroatoms. The van der Waals surface area contributed by atoms with Gasteiger partial charge in [0.15, 0.2) is 0 Å². The molecule has 0 unspecified atom stereocenters. The molecule has 2 aromatic carbocycles. The van der Waals surface area contributed by atoms with Gasteiger partial charge in [-0.2, -0.15) is 0 Å². The van der Waals surface area contributed by atoms with Crippen LogP contribution in [0.1, 0.15) is 40.5 Å². The number of hydrogen-bond acceptors (Lipinski definition) is 4. The van der Waals surface area contributed by atoms with E-state index >= 15 is 0 Å². The third-order valence-corrected chi connectivity index (χ3v) is 5.20. The number of esters is 1. The zero-order valence-corrected chi connectivity index (χ0v) is 17.3. The molecule has 0 radical (unpaired) electrons. The van der Waals surface area contributed by atoms with Crippen molar-refractivity contribution in [2.45, 2.75) is 25.8 Å². The molecule has 0 aromatic heterocycles. The van der Waals surface area contributed by atoms with Gasteiger partial charge in [0.25, 0.3) is 11.8 Å². The van der Waals surface area contributed by atoms with E-state index < -0.39 is 5.97 Å². The Morgan fingerprint density at radius 2 is 1.79 bits per heavy atom. The summed E-state index contributed by atoms with van der Waals surface area (Å²) in [7, 11) is 0. The van der Waals surface area contributed by atoms with Gasteiger partial charge in [-0.05, 0) is 49.2 Å². The van der Waals surface area contributed by atoms with Crippen LogP contribution < -0.4 is 10.1 Å². The molecule has 29 heavy (non-hydrogen) atoms. The number of carbonyl (C=O) groups is 3. The number of likely N-dealkylation sites (tertiary alicyclic amines) is 1. The fourth-order valence-electron chi connectivity index (χ4n) is 3.19. The number of ether oxygens (including phenoxy) is 1. The highest BCUT2D eigenvalue weighted by atomic mass is 35.5. The maximum absolute atomic E-state index is 12.7. The third-order valence-electron chi connectivity index (χ3n) is 4.63. The average molecular weight is 435 g/mol. The maximum atomic E-state index is 12.7. The van der Waals surface area contributed by atoms with Crippen molar-refractivity contribution in [3.63, 3.8) is 0 Å². The van der Waals surface area contributed by atoms with E-state index in [2.05, 4.69) is 5.32 Å². The van der Waals surface area contributed by atoms with Crippen LogP contribution in [-0.4, -0.2) is 41.8 Å². The number of halogens is 2. The largest absolute Gasteiger partial charge is 0.427 e. The Balaban J connectivity index is 1.57. The van der Waals surface area contributed by atoms with Crippen molar-refractivity contribution >= 4 is 41.0 Å².